The Labute approximate surface area is 166 Å². The molecule has 0 aliphatic carbocycles. The smallest absolute Gasteiger partial charge is 0.265 e. The van der Waals surface area contributed by atoms with E-state index >= 15 is 0 Å². The summed E-state index contributed by atoms with van der Waals surface area (Å²) in [6.45, 7) is 7.86. The molecule has 2 aromatic rings. The Kier molecular flexibility index (Phi) is 5.78. The quantitative estimate of drug-likeness (QED) is 0.784. The van der Waals surface area contributed by atoms with Gasteiger partial charge >= 0.3 is 0 Å². The Hall–Kier alpha value is -2.36. The second kappa shape index (κ2) is 7.94. The van der Waals surface area contributed by atoms with Crippen molar-refractivity contribution >= 4 is 27.5 Å². The monoisotopic (exact) mass is 407 g/mol. The van der Waals surface area contributed by atoms with Crippen LogP contribution in [0.4, 0.5) is 17.5 Å². The highest BCUT2D eigenvalue weighted by Crippen LogP contribution is 2.29. The van der Waals surface area contributed by atoms with Crippen molar-refractivity contribution in [3.63, 3.8) is 0 Å². The van der Waals surface area contributed by atoms with Crippen molar-refractivity contribution in [2.75, 3.05) is 41.7 Å². The fourth-order valence-corrected chi connectivity index (χ4v) is 5.06. The van der Waals surface area contributed by atoms with E-state index in [4.69, 9.17) is 0 Å². The lowest BCUT2D eigenvalue weighted by Gasteiger charge is -2.28. The van der Waals surface area contributed by atoms with E-state index in [1.54, 1.807) is 29.6 Å². The third-order valence-corrected chi connectivity index (χ3v) is 6.56. The Balaban J connectivity index is 1.96. The summed E-state index contributed by atoms with van der Waals surface area (Å²) in [5.41, 5.74) is 1.45. The number of nitrogens with one attached hydrogen (secondary N) is 1. The standard InChI is InChI=1S/C18H29N7O2S/c1-6-25-14(3)16(13(2)21-25)28(26,27)22-15-12-19-18(20-17(15)23(4)5)24-10-8-7-9-11-24/h12,22H,6-11H2,1-5H3. The van der Waals surface area contributed by atoms with Crippen LogP contribution >= 0.6 is 0 Å². The molecule has 9 nitrogen and oxygen atoms in total. The minimum absolute atomic E-state index is 0.208. The van der Waals surface area contributed by atoms with E-state index in [0.29, 0.717) is 35.4 Å². The molecule has 3 heterocycles. The van der Waals surface area contributed by atoms with E-state index in [9.17, 15) is 8.42 Å². The van der Waals surface area contributed by atoms with Crippen LogP contribution in [-0.4, -0.2) is 55.4 Å². The molecule has 2 aromatic heterocycles. The van der Waals surface area contributed by atoms with Crippen molar-refractivity contribution in [1.29, 1.82) is 0 Å². The summed E-state index contributed by atoms with van der Waals surface area (Å²) >= 11 is 0. The van der Waals surface area contributed by atoms with Crippen LogP contribution in [-0.2, 0) is 16.6 Å². The highest BCUT2D eigenvalue weighted by atomic mass is 32.2. The molecule has 0 amide bonds. The number of hydrogen-bond acceptors (Lipinski definition) is 7. The van der Waals surface area contributed by atoms with Crippen LogP contribution in [0, 0.1) is 13.8 Å². The van der Waals surface area contributed by atoms with Gasteiger partial charge in [-0.05, 0) is 40.0 Å². The second-order valence-electron chi connectivity index (χ2n) is 7.27. The van der Waals surface area contributed by atoms with Crippen LogP contribution in [0.2, 0.25) is 0 Å². The van der Waals surface area contributed by atoms with Crippen LogP contribution in [0.1, 0.15) is 37.6 Å². The number of hydrogen-bond donors (Lipinski definition) is 1. The summed E-state index contributed by atoms with van der Waals surface area (Å²) in [6, 6.07) is 0. The zero-order valence-electron chi connectivity index (χ0n) is 17.2. The lowest BCUT2D eigenvalue weighted by atomic mass is 10.1. The molecular formula is C18H29N7O2S. The lowest BCUT2D eigenvalue weighted by Crippen LogP contribution is -2.31. The van der Waals surface area contributed by atoms with Crippen LogP contribution in [0.25, 0.3) is 0 Å². The van der Waals surface area contributed by atoms with Crippen molar-refractivity contribution in [2.45, 2.75) is 51.5 Å². The minimum atomic E-state index is -3.81. The Morgan fingerprint density at radius 1 is 1.18 bits per heavy atom. The lowest BCUT2D eigenvalue weighted by molar-refractivity contribution is 0.568. The van der Waals surface area contributed by atoms with Gasteiger partial charge in [0.25, 0.3) is 10.0 Å². The molecule has 0 spiro atoms. The number of nitrogens with zero attached hydrogens (tertiary/aromatic N) is 6. The molecule has 1 saturated heterocycles. The first kappa shape index (κ1) is 20.4. The van der Waals surface area contributed by atoms with Gasteiger partial charge in [-0.15, -0.1) is 0 Å². The van der Waals surface area contributed by atoms with Crippen molar-refractivity contribution in [2.24, 2.45) is 0 Å². The molecule has 1 aliphatic heterocycles. The number of rotatable bonds is 6. The fraction of sp³-hybridized carbons (Fsp3) is 0.611. The number of aryl methyl sites for hydroxylation is 2. The molecule has 3 rings (SSSR count). The normalized spacial score (nSPS) is 15.0. The maximum atomic E-state index is 13.1. The van der Waals surface area contributed by atoms with E-state index in [2.05, 4.69) is 24.7 Å². The van der Waals surface area contributed by atoms with Crippen molar-refractivity contribution in [1.82, 2.24) is 19.7 Å². The van der Waals surface area contributed by atoms with Gasteiger partial charge < -0.3 is 9.80 Å². The zero-order valence-corrected chi connectivity index (χ0v) is 18.0. The van der Waals surface area contributed by atoms with E-state index < -0.39 is 10.0 Å². The summed E-state index contributed by atoms with van der Waals surface area (Å²) < 4.78 is 30.5. The number of aromatic nitrogens is 4. The van der Waals surface area contributed by atoms with Crippen LogP contribution in [0.5, 0.6) is 0 Å². The van der Waals surface area contributed by atoms with Crippen LogP contribution in [0.15, 0.2) is 11.1 Å². The van der Waals surface area contributed by atoms with Gasteiger partial charge in [-0.1, -0.05) is 0 Å². The van der Waals surface area contributed by atoms with Crippen LogP contribution in [0.3, 0.4) is 0 Å². The molecule has 154 valence electrons. The highest BCUT2D eigenvalue weighted by molar-refractivity contribution is 7.92. The molecule has 1 aliphatic rings. The molecule has 0 aromatic carbocycles. The van der Waals surface area contributed by atoms with Crippen molar-refractivity contribution < 1.29 is 8.42 Å². The van der Waals surface area contributed by atoms with E-state index in [0.717, 1.165) is 25.9 Å². The van der Waals surface area contributed by atoms with Gasteiger partial charge in [-0.2, -0.15) is 10.1 Å². The van der Waals surface area contributed by atoms with Gasteiger partial charge in [0.2, 0.25) is 5.95 Å². The maximum absolute atomic E-state index is 13.1. The molecule has 1 N–H and O–H groups in total. The summed E-state index contributed by atoms with van der Waals surface area (Å²) in [6.07, 6.45) is 5.02. The van der Waals surface area contributed by atoms with Gasteiger partial charge in [0.15, 0.2) is 5.82 Å². The zero-order chi connectivity index (χ0) is 20.5. The Morgan fingerprint density at radius 3 is 2.43 bits per heavy atom. The largest absolute Gasteiger partial charge is 0.361 e. The predicted octanol–water partition coefficient (Wildman–Crippen LogP) is 2.17. The number of sulfonamides is 1. The molecule has 0 bridgehead atoms. The highest BCUT2D eigenvalue weighted by Gasteiger charge is 2.26. The van der Waals surface area contributed by atoms with Crippen molar-refractivity contribution in [3.8, 4) is 0 Å². The molecule has 0 unspecified atom stereocenters. The summed E-state index contributed by atoms with van der Waals surface area (Å²) in [5.74, 6) is 1.18. The van der Waals surface area contributed by atoms with Gasteiger partial charge in [0, 0.05) is 33.7 Å². The van der Waals surface area contributed by atoms with E-state index in [1.165, 1.54) is 6.42 Å². The van der Waals surface area contributed by atoms with Crippen LogP contribution < -0.4 is 14.5 Å². The summed E-state index contributed by atoms with van der Waals surface area (Å²) in [4.78, 5) is 13.2. The third kappa shape index (κ3) is 3.91. The molecule has 0 radical (unpaired) electrons. The molecular weight excluding hydrogens is 378 g/mol. The third-order valence-electron chi connectivity index (χ3n) is 4.95. The molecule has 28 heavy (non-hydrogen) atoms. The summed E-state index contributed by atoms with van der Waals surface area (Å²) in [5, 5.41) is 4.32. The molecule has 0 atom stereocenters. The number of piperidine rings is 1. The molecule has 0 saturated carbocycles. The first-order valence-electron chi connectivity index (χ1n) is 9.60. The summed E-state index contributed by atoms with van der Waals surface area (Å²) in [7, 11) is -0.133. The Bertz CT molecular complexity index is 947. The first-order valence-corrected chi connectivity index (χ1v) is 11.1. The second-order valence-corrected chi connectivity index (χ2v) is 8.89. The van der Waals surface area contributed by atoms with E-state index in [-0.39, 0.29) is 4.90 Å². The predicted molar refractivity (Wildman–Crippen MR) is 111 cm³/mol. The topological polar surface area (TPSA) is 96.2 Å². The maximum Gasteiger partial charge on any atom is 0.265 e. The van der Waals surface area contributed by atoms with Gasteiger partial charge in [0.1, 0.15) is 10.6 Å². The number of anilines is 3. The first-order chi connectivity index (χ1) is 13.2. The Morgan fingerprint density at radius 2 is 1.86 bits per heavy atom. The average molecular weight is 408 g/mol. The SMILES string of the molecule is CCn1nc(C)c(S(=O)(=O)Nc2cnc(N3CCCCC3)nc2N(C)C)c1C. The molecule has 10 heteroatoms. The minimum Gasteiger partial charge on any atom is -0.361 e. The fourth-order valence-electron chi connectivity index (χ4n) is 3.60. The van der Waals surface area contributed by atoms with Gasteiger partial charge in [-0.3, -0.25) is 9.40 Å². The van der Waals surface area contributed by atoms with Gasteiger partial charge in [0.05, 0.1) is 17.6 Å². The molecule has 1 fully saturated rings. The van der Waals surface area contributed by atoms with E-state index in [1.807, 2.05) is 21.0 Å². The van der Waals surface area contributed by atoms with Crippen molar-refractivity contribution in [3.05, 3.63) is 17.6 Å². The van der Waals surface area contributed by atoms with Gasteiger partial charge in [-0.25, -0.2) is 13.4 Å². The average Bonchev–Trinajstić information content (AvgIpc) is 2.96.